The first-order chi connectivity index (χ1) is 15.0. The van der Waals surface area contributed by atoms with Gasteiger partial charge in [0.25, 0.3) is 11.8 Å². The average molecular weight is 428 g/mol. The van der Waals surface area contributed by atoms with Crippen LogP contribution in [0.2, 0.25) is 0 Å². The van der Waals surface area contributed by atoms with Crippen molar-refractivity contribution >= 4 is 11.8 Å². The zero-order valence-corrected chi connectivity index (χ0v) is 17.6. The van der Waals surface area contributed by atoms with Crippen LogP contribution in [-0.4, -0.2) is 57.9 Å². The van der Waals surface area contributed by atoms with E-state index in [1.54, 1.807) is 43.3 Å². The number of carbonyl (C=O) groups excluding carboxylic acids is 2. The maximum atomic E-state index is 12.8. The van der Waals surface area contributed by atoms with Crippen molar-refractivity contribution in [1.82, 2.24) is 10.2 Å². The molecule has 0 aliphatic carbocycles. The summed E-state index contributed by atoms with van der Waals surface area (Å²) < 4.78 is 27.4. The molecule has 0 bridgehead atoms. The van der Waals surface area contributed by atoms with E-state index in [2.05, 4.69) is 5.32 Å². The quantitative estimate of drug-likeness (QED) is 0.718. The molecule has 9 nitrogen and oxygen atoms in total. The standard InChI is InChI=1S/C22H24N2O7/c1-24-9-8-15-16(19-21(31-12-30-19)20(28-3)18(15)22(24)26)10-23-17(25)11-29-14-6-4-13(27-2)5-7-14/h4-7H,8-12H2,1-3H3,(H,23,25). The molecule has 0 unspecified atom stereocenters. The minimum Gasteiger partial charge on any atom is -0.497 e. The Bertz CT molecular complexity index is 1000. The van der Waals surface area contributed by atoms with Gasteiger partial charge in [0.1, 0.15) is 11.5 Å². The Morgan fingerprint density at radius 3 is 2.52 bits per heavy atom. The normalized spacial score (nSPS) is 14.2. The summed E-state index contributed by atoms with van der Waals surface area (Å²) in [6, 6.07) is 6.97. The SMILES string of the molecule is COc1ccc(OCC(=O)NCc2c3c(c(OC)c4c2OCO4)C(=O)N(C)CC3)cc1. The van der Waals surface area contributed by atoms with Gasteiger partial charge >= 0.3 is 0 Å². The molecule has 4 rings (SSSR count). The third-order valence-electron chi connectivity index (χ3n) is 5.34. The van der Waals surface area contributed by atoms with Gasteiger partial charge in [0.2, 0.25) is 12.5 Å². The Morgan fingerprint density at radius 2 is 1.81 bits per heavy atom. The number of methoxy groups -OCH3 is 2. The number of nitrogens with zero attached hydrogens (tertiary/aromatic N) is 1. The molecule has 0 saturated heterocycles. The Kier molecular flexibility index (Phi) is 5.75. The lowest BCUT2D eigenvalue weighted by molar-refractivity contribution is -0.123. The van der Waals surface area contributed by atoms with Crippen LogP contribution in [0.25, 0.3) is 0 Å². The lowest BCUT2D eigenvalue weighted by atomic mass is 9.91. The molecule has 31 heavy (non-hydrogen) atoms. The van der Waals surface area contributed by atoms with Gasteiger partial charge in [-0.15, -0.1) is 0 Å². The van der Waals surface area contributed by atoms with Crippen molar-refractivity contribution in [2.24, 2.45) is 0 Å². The van der Waals surface area contributed by atoms with Crippen molar-refractivity contribution < 1.29 is 33.3 Å². The van der Waals surface area contributed by atoms with Crippen LogP contribution in [0.5, 0.6) is 28.7 Å². The van der Waals surface area contributed by atoms with Crippen LogP contribution in [0.15, 0.2) is 24.3 Å². The maximum absolute atomic E-state index is 12.8. The van der Waals surface area contributed by atoms with E-state index in [0.717, 1.165) is 11.1 Å². The first-order valence-corrected chi connectivity index (χ1v) is 9.83. The highest BCUT2D eigenvalue weighted by molar-refractivity contribution is 6.01. The predicted octanol–water partition coefficient (Wildman–Crippen LogP) is 1.76. The van der Waals surface area contributed by atoms with E-state index in [0.29, 0.717) is 47.3 Å². The Hall–Kier alpha value is -3.62. The molecule has 1 N–H and O–H groups in total. The van der Waals surface area contributed by atoms with E-state index in [1.807, 2.05) is 0 Å². The number of carbonyl (C=O) groups is 2. The lowest BCUT2D eigenvalue weighted by Gasteiger charge is -2.29. The van der Waals surface area contributed by atoms with Gasteiger partial charge in [-0.1, -0.05) is 0 Å². The number of ether oxygens (including phenoxy) is 5. The fourth-order valence-corrected chi connectivity index (χ4v) is 3.72. The average Bonchev–Trinajstić information content (AvgIpc) is 3.27. The third-order valence-corrected chi connectivity index (χ3v) is 5.34. The number of rotatable bonds is 7. The molecule has 2 aromatic rings. The van der Waals surface area contributed by atoms with Crippen LogP contribution < -0.4 is 29.0 Å². The first-order valence-electron chi connectivity index (χ1n) is 9.83. The molecule has 0 saturated carbocycles. The molecule has 2 aliphatic heterocycles. The van der Waals surface area contributed by atoms with Crippen molar-refractivity contribution in [3.8, 4) is 28.7 Å². The van der Waals surface area contributed by atoms with Gasteiger partial charge in [-0.05, 0) is 36.2 Å². The fraction of sp³-hybridized carbons (Fsp3) is 0.364. The fourth-order valence-electron chi connectivity index (χ4n) is 3.72. The summed E-state index contributed by atoms with van der Waals surface area (Å²) in [6.07, 6.45) is 0.623. The molecule has 0 aromatic heterocycles. The summed E-state index contributed by atoms with van der Waals surface area (Å²) in [6.45, 7) is 0.627. The molecule has 2 amide bonds. The van der Waals surface area contributed by atoms with Gasteiger partial charge in [-0.25, -0.2) is 0 Å². The van der Waals surface area contributed by atoms with Gasteiger partial charge in [0.05, 0.1) is 19.8 Å². The van der Waals surface area contributed by atoms with Gasteiger partial charge in [-0.3, -0.25) is 9.59 Å². The number of nitrogens with one attached hydrogen (secondary N) is 1. The molecule has 0 radical (unpaired) electrons. The molecular weight excluding hydrogens is 404 g/mol. The molecule has 2 heterocycles. The van der Waals surface area contributed by atoms with Crippen LogP contribution in [-0.2, 0) is 17.8 Å². The molecule has 9 heteroatoms. The zero-order valence-electron chi connectivity index (χ0n) is 17.6. The van der Waals surface area contributed by atoms with Gasteiger partial charge in [-0.2, -0.15) is 0 Å². The summed E-state index contributed by atoms with van der Waals surface area (Å²) >= 11 is 0. The van der Waals surface area contributed by atoms with Crippen LogP contribution >= 0.6 is 0 Å². The van der Waals surface area contributed by atoms with Crippen LogP contribution in [0.4, 0.5) is 0 Å². The molecule has 0 atom stereocenters. The molecule has 2 aromatic carbocycles. The smallest absolute Gasteiger partial charge is 0.258 e. The number of hydrogen-bond donors (Lipinski definition) is 1. The van der Waals surface area contributed by atoms with Crippen molar-refractivity contribution in [1.29, 1.82) is 0 Å². The highest BCUT2D eigenvalue weighted by atomic mass is 16.7. The molecular formula is C22H24N2O7. The highest BCUT2D eigenvalue weighted by Crippen LogP contribution is 2.49. The van der Waals surface area contributed by atoms with E-state index < -0.39 is 0 Å². The highest BCUT2D eigenvalue weighted by Gasteiger charge is 2.36. The van der Waals surface area contributed by atoms with E-state index in [9.17, 15) is 9.59 Å². The van der Waals surface area contributed by atoms with Gasteiger partial charge < -0.3 is 33.9 Å². The minimum atomic E-state index is -0.299. The van der Waals surface area contributed by atoms with E-state index >= 15 is 0 Å². The number of hydrogen-bond acceptors (Lipinski definition) is 7. The van der Waals surface area contributed by atoms with Gasteiger partial charge in [0.15, 0.2) is 18.1 Å². The summed E-state index contributed by atoms with van der Waals surface area (Å²) in [5, 5.41) is 2.85. The summed E-state index contributed by atoms with van der Waals surface area (Å²) in [4.78, 5) is 26.8. The van der Waals surface area contributed by atoms with E-state index in [4.69, 9.17) is 23.7 Å². The molecule has 0 spiro atoms. The Balaban J connectivity index is 1.51. The summed E-state index contributed by atoms with van der Waals surface area (Å²) in [5.41, 5.74) is 1.99. The van der Waals surface area contributed by atoms with E-state index in [-0.39, 0.29) is 31.8 Å². The minimum absolute atomic E-state index is 0.0279. The van der Waals surface area contributed by atoms with Crippen LogP contribution in [0, 0.1) is 0 Å². The van der Waals surface area contributed by atoms with Crippen LogP contribution in [0.1, 0.15) is 21.5 Å². The number of likely N-dealkylation sites (N-methyl/N-ethyl adjacent to an activating group) is 1. The number of amides is 2. The van der Waals surface area contributed by atoms with Crippen molar-refractivity contribution in [2.75, 3.05) is 41.2 Å². The van der Waals surface area contributed by atoms with Crippen molar-refractivity contribution in [2.45, 2.75) is 13.0 Å². The van der Waals surface area contributed by atoms with Crippen molar-refractivity contribution in [3.05, 3.63) is 41.0 Å². The predicted molar refractivity (Wildman–Crippen MR) is 110 cm³/mol. The third kappa shape index (κ3) is 3.90. The summed E-state index contributed by atoms with van der Waals surface area (Å²) in [7, 11) is 4.82. The second-order valence-electron chi connectivity index (χ2n) is 7.15. The second-order valence-corrected chi connectivity index (χ2v) is 7.15. The molecule has 0 fully saturated rings. The molecule has 164 valence electrons. The largest absolute Gasteiger partial charge is 0.497 e. The second kappa shape index (κ2) is 8.63. The zero-order chi connectivity index (χ0) is 22.0. The van der Waals surface area contributed by atoms with Crippen LogP contribution in [0.3, 0.4) is 0 Å². The summed E-state index contributed by atoms with van der Waals surface area (Å²) in [5.74, 6) is 2.09. The molecule has 2 aliphatic rings. The van der Waals surface area contributed by atoms with E-state index in [1.165, 1.54) is 7.11 Å². The Morgan fingerprint density at radius 1 is 1.10 bits per heavy atom. The lowest BCUT2D eigenvalue weighted by Crippen LogP contribution is -2.36. The topological polar surface area (TPSA) is 95.6 Å². The Labute approximate surface area is 179 Å². The maximum Gasteiger partial charge on any atom is 0.258 e. The van der Waals surface area contributed by atoms with Gasteiger partial charge in [0, 0.05) is 25.7 Å². The monoisotopic (exact) mass is 428 g/mol. The first kappa shape index (κ1) is 20.6. The number of fused-ring (bicyclic) bond motifs is 2. The van der Waals surface area contributed by atoms with Crippen molar-refractivity contribution in [3.63, 3.8) is 0 Å². The number of benzene rings is 2.